The number of hydrogen-bond acceptors (Lipinski definition) is 4. The number of imide groups is 1. The van der Waals surface area contributed by atoms with Gasteiger partial charge in [-0.25, -0.2) is 0 Å². The molecule has 1 aliphatic rings. The minimum atomic E-state index is -2.89. The van der Waals surface area contributed by atoms with Crippen molar-refractivity contribution in [2.24, 2.45) is 0 Å². The molecule has 0 unspecified atom stereocenters. The van der Waals surface area contributed by atoms with E-state index in [0.29, 0.717) is 11.1 Å². The van der Waals surface area contributed by atoms with Crippen molar-refractivity contribution in [2.45, 2.75) is 19.6 Å². The lowest BCUT2D eigenvalue weighted by Gasteiger charge is -2.19. The topological polar surface area (TPSA) is 66.9 Å². The van der Waals surface area contributed by atoms with Gasteiger partial charge in [0.2, 0.25) is 5.91 Å². The lowest BCUT2D eigenvalue weighted by Crippen LogP contribution is -2.35. The van der Waals surface area contributed by atoms with Crippen LogP contribution in [0, 0.1) is 0 Å². The van der Waals surface area contributed by atoms with Gasteiger partial charge in [-0.2, -0.15) is 8.78 Å². The number of nitrogens with zero attached hydrogens (tertiary/aromatic N) is 2. The van der Waals surface area contributed by atoms with Crippen LogP contribution in [0.15, 0.2) is 48.5 Å². The van der Waals surface area contributed by atoms with Crippen molar-refractivity contribution in [3.05, 3.63) is 65.2 Å². The number of amides is 3. The fourth-order valence-corrected chi connectivity index (χ4v) is 2.98. The first kappa shape index (κ1) is 19.5. The second kappa shape index (κ2) is 8.16. The first-order chi connectivity index (χ1) is 13.4. The Labute approximate surface area is 160 Å². The van der Waals surface area contributed by atoms with E-state index >= 15 is 0 Å². The van der Waals surface area contributed by atoms with E-state index in [4.69, 9.17) is 0 Å². The van der Waals surface area contributed by atoms with Crippen LogP contribution in [-0.2, 0) is 11.3 Å². The summed E-state index contributed by atoms with van der Waals surface area (Å²) in [4.78, 5) is 39.5. The fraction of sp³-hybridized carbons (Fsp3) is 0.250. The molecule has 0 aliphatic carbocycles. The van der Waals surface area contributed by atoms with Gasteiger partial charge in [0, 0.05) is 26.6 Å². The van der Waals surface area contributed by atoms with E-state index in [1.807, 2.05) is 0 Å². The molecule has 2 aromatic rings. The summed E-state index contributed by atoms with van der Waals surface area (Å²) in [7, 11) is 1.59. The molecular formula is C20H18F2N2O4. The zero-order chi connectivity index (χ0) is 20.3. The van der Waals surface area contributed by atoms with Crippen LogP contribution in [0.5, 0.6) is 5.75 Å². The second-order valence-electron chi connectivity index (χ2n) is 6.33. The van der Waals surface area contributed by atoms with Crippen LogP contribution in [0.1, 0.15) is 32.7 Å². The summed E-state index contributed by atoms with van der Waals surface area (Å²) < 4.78 is 28.6. The van der Waals surface area contributed by atoms with Gasteiger partial charge in [0.1, 0.15) is 5.75 Å². The molecule has 2 aromatic carbocycles. The predicted molar refractivity (Wildman–Crippen MR) is 96.0 cm³/mol. The van der Waals surface area contributed by atoms with Gasteiger partial charge in [-0.3, -0.25) is 19.3 Å². The lowest BCUT2D eigenvalue weighted by atomic mass is 10.1. The molecule has 8 heteroatoms. The minimum Gasteiger partial charge on any atom is -0.435 e. The van der Waals surface area contributed by atoms with Crippen molar-refractivity contribution in [3.8, 4) is 5.75 Å². The molecule has 1 aliphatic heterocycles. The van der Waals surface area contributed by atoms with Crippen LogP contribution >= 0.6 is 0 Å². The quantitative estimate of drug-likeness (QED) is 0.684. The van der Waals surface area contributed by atoms with Crippen LogP contribution in [-0.4, -0.2) is 47.7 Å². The fourth-order valence-electron chi connectivity index (χ4n) is 2.98. The van der Waals surface area contributed by atoms with Gasteiger partial charge in [0.15, 0.2) is 0 Å². The number of carbonyl (C=O) groups excluding carboxylic acids is 3. The summed E-state index contributed by atoms with van der Waals surface area (Å²) in [6, 6.07) is 12.5. The number of rotatable bonds is 7. The third kappa shape index (κ3) is 4.16. The van der Waals surface area contributed by atoms with E-state index < -0.39 is 18.4 Å². The Balaban J connectivity index is 1.54. The smallest absolute Gasteiger partial charge is 0.387 e. The highest BCUT2D eigenvalue weighted by molar-refractivity contribution is 6.21. The first-order valence-electron chi connectivity index (χ1n) is 8.59. The van der Waals surface area contributed by atoms with Crippen LogP contribution in [0.4, 0.5) is 8.78 Å². The van der Waals surface area contributed by atoms with Gasteiger partial charge in [-0.05, 0) is 29.8 Å². The molecule has 0 N–H and O–H groups in total. The lowest BCUT2D eigenvalue weighted by molar-refractivity contribution is -0.130. The number of alkyl halides is 2. The van der Waals surface area contributed by atoms with Crippen molar-refractivity contribution in [3.63, 3.8) is 0 Å². The molecule has 0 atom stereocenters. The summed E-state index contributed by atoms with van der Waals surface area (Å²) in [6.45, 7) is -2.63. The van der Waals surface area contributed by atoms with E-state index in [2.05, 4.69) is 4.74 Å². The molecule has 3 rings (SSSR count). The molecular weight excluding hydrogens is 370 g/mol. The highest BCUT2D eigenvalue weighted by atomic mass is 19.3. The maximum atomic E-state index is 12.4. The van der Waals surface area contributed by atoms with Crippen molar-refractivity contribution in [1.82, 2.24) is 9.80 Å². The minimum absolute atomic E-state index is 0.00329. The summed E-state index contributed by atoms with van der Waals surface area (Å²) in [5, 5.41) is 0. The van der Waals surface area contributed by atoms with E-state index in [9.17, 15) is 23.2 Å². The maximum absolute atomic E-state index is 12.4. The van der Waals surface area contributed by atoms with Gasteiger partial charge in [-0.1, -0.05) is 24.3 Å². The summed E-state index contributed by atoms with van der Waals surface area (Å²) in [6.07, 6.45) is -0.00541. The molecule has 0 bridgehead atoms. The third-order valence-electron chi connectivity index (χ3n) is 4.42. The van der Waals surface area contributed by atoms with Crippen molar-refractivity contribution < 1.29 is 27.9 Å². The van der Waals surface area contributed by atoms with Crippen LogP contribution in [0.25, 0.3) is 0 Å². The second-order valence-corrected chi connectivity index (χ2v) is 6.33. The standard InChI is InChI=1S/C20H18F2N2O4/c1-23(12-13-6-8-14(9-7-13)28-20(21)22)17(25)10-11-24-18(26)15-4-2-3-5-16(15)19(24)27/h2-9,20H,10-12H2,1H3. The van der Waals surface area contributed by atoms with Crippen molar-refractivity contribution in [1.29, 1.82) is 0 Å². The normalized spacial score (nSPS) is 13.1. The molecule has 0 saturated carbocycles. The molecule has 0 fully saturated rings. The van der Waals surface area contributed by atoms with E-state index in [0.717, 1.165) is 10.5 Å². The molecule has 0 aromatic heterocycles. The SMILES string of the molecule is CN(Cc1ccc(OC(F)F)cc1)C(=O)CCN1C(=O)c2ccccc2C1=O. The predicted octanol–water partition coefficient (Wildman–Crippen LogP) is 2.93. The van der Waals surface area contributed by atoms with E-state index in [1.54, 1.807) is 43.4 Å². The van der Waals surface area contributed by atoms with Gasteiger partial charge >= 0.3 is 6.61 Å². The molecule has 6 nitrogen and oxygen atoms in total. The Hall–Kier alpha value is -3.29. The Kier molecular flexibility index (Phi) is 5.67. The molecule has 3 amide bonds. The van der Waals surface area contributed by atoms with Crippen LogP contribution in [0.3, 0.4) is 0 Å². The summed E-state index contributed by atoms with van der Waals surface area (Å²) >= 11 is 0. The Morgan fingerprint density at radius 1 is 1.04 bits per heavy atom. The van der Waals surface area contributed by atoms with Gasteiger partial charge in [-0.15, -0.1) is 0 Å². The van der Waals surface area contributed by atoms with E-state index in [-0.39, 0.29) is 31.2 Å². The molecule has 0 radical (unpaired) electrons. The summed E-state index contributed by atoms with van der Waals surface area (Å²) in [5.74, 6) is -1.00. The zero-order valence-corrected chi connectivity index (χ0v) is 15.1. The van der Waals surface area contributed by atoms with Crippen molar-refractivity contribution in [2.75, 3.05) is 13.6 Å². The number of carbonyl (C=O) groups is 3. The Bertz CT molecular complexity index is 864. The highest BCUT2D eigenvalue weighted by Gasteiger charge is 2.35. The van der Waals surface area contributed by atoms with Gasteiger partial charge < -0.3 is 9.64 Å². The number of ether oxygens (including phenoxy) is 1. The largest absolute Gasteiger partial charge is 0.435 e. The average Bonchev–Trinajstić information content (AvgIpc) is 2.92. The third-order valence-corrected chi connectivity index (χ3v) is 4.42. The average molecular weight is 388 g/mol. The molecule has 1 heterocycles. The molecule has 0 saturated heterocycles. The number of benzene rings is 2. The van der Waals surface area contributed by atoms with Crippen LogP contribution < -0.4 is 4.74 Å². The number of halogens is 2. The molecule has 28 heavy (non-hydrogen) atoms. The Morgan fingerprint density at radius 3 is 2.14 bits per heavy atom. The highest BCUT2D eigenvalue weighted by Crippen LogP contribution is 2.22. The first-order valence-corrected chi connectivity index (χ1v) is 8.59. The monoisotopic (exact) mass is 388 g/mol. The molecule has 0 spiro atoms. The Morgan fingerprint density at radius 2 is 1.61 bits per heavy atom. The number of fused-ring (bicyclic) bond motifs is 1. The summed E-state index contributed by atoms with van der Waals surface area (Å²) in [5.41, 5.74) is 1.43. The van der Waals surface area contributed by atoms with Gasteiger partial charge in [0.25, 0.3) is 11.8 Å². The van der Waals surface area contributed by atoms with Crippen molar-refractivity contribution >= 4 is 17.7 Å². The van der Waals surface area contributed by atoms with Gasteiger partial charge in [0.05, 0.1) is 11.1 Å². The zero-order valence-electron chi connectivity index (χ0n) is 15.1. The maximum Gasteiger partial charge on any atom is 0.387 e. The molecule has 146 valence electrons. The number of hydrogen-bond donors (Lipinski definition) is 0. The van der Waals surface area contributed by atoms with Crippen LogP contribution in [0.2, 0.25) is 0 Å². The van der Waals surface area contributed by atoms with E-state index in [1.165, 1.54) is 17.0 Å².